The Morgan fingerprint density at radius 2 is 1.53 bits per heavy atom. The Labute approximate surface area is 123 Å². The summed E-state index contributed by atoms with van der Waals surface area (Å²) in [6, 6.07) is 0. The molecule has 0 bridgehead atoms. The highest BCUT2D eigenvalue weighted by Gasteiger charge is 2.28. The van der Waals surface area contributed by atoms with Crippen LogP contribution in [0.5, 0.6) is 0 Å². The summed E-state index contributed by atoms with van der Waals surface area (Å²) in [6.07, 6.45) is 15.3. The Kier molecular flexibility index (Phi) is 8.27. The number of hydrogen-bond donors (Lipinski definition) is 0. The number of aromatic nitrogens is 2. The Hall–Kier alpha value is -0.440. The van der Waals surface area contributed by atoms with Gasteiger partial charge in [-0.3, -0.25) is 0 Å². The molecular formula is C16H30N2S. The lowest BCUT2D eigenvalue weighted by molar-refractivity contribution is 0.357. The normalized spacial score (nSPS) is 11.9. The number of rotatable bonds is 11. The quantitative estimate of drug-likeness (QED) is 0.484. The summed E-state index contributed by atoms with van der Waals surface area (Å²) >= 11 is 1.35. The van der Waals surface area contributed by atoms with E-state index in [1.165, 1.54) is 81.6 Å². The van der Waals surface area contributed by atoms with Crippen LogP contribution >= 0.6 is 11.7 Å². The van der Waals surface area contributed by atoms with E-state index in [4.69, 9.17) is 0 Å². The van der Waals surface area contributed by atoms with Crippen LogP contribution < -0.4 is 0 Å². The minimum Gasteiger partial charge on any atom is -0.181 e. The van der Waals surface area contributed by atoms with E-state index in [0.717, 1.165) is 0 Å². The molecule has 19 heavy (non-hydrogen) atoms. The molecule has 0 aliphatic carbocycles. The van der Waals surface area contributed by atoms with Crippen LogP contribution in [0, 0.1) is 0 Å². The molecule has 0 fully saturated rings. The highest BCUT2D eigenvalue weighted by molar-refractivity contribution is 6.99. The molecule has 1 aromatic heterocycles. The third-order valence-electron chi connectivity index (χ3n) is 4.14. The van der Waals surface area contributed by atoms with Gasteiger partial charge in [-0.25, -0.2) is 0 Å². The molecule has 0 saturated heterocycles. The fourth-order valence-electron chi connectivity index (χ4n) is 2.70. The largest absolute Gasteiger partial charge is 0.181 e. The molecule has 0 aliphatic rings. The van der Waals surface area contributed by atoms with Crippen molar-refractivity contribution in [1.82, 2.24) is 8.75 Å². The van der Waals surface area contributed by atoms with Crippen LogP contribution in [0.2, 0.25) is 0 Å². The predicted octanol–water partition coefficient (Wildman–Crippen LogP) is 5.74. The van der Waals surface area contributed by atoms with Crippen LogP contribution in [-0.2, 0) is 5.41 Å². The maximum Gasteiger partial charge on any atom is 0.0801 e. The van der Waals surface area contributed by atoms with E-state index in [2.05, 4.69) is 29.5 Å². The van der Waals surface area contributed by atoms with Crippen LogP contribution in [0.3, 0.4) is 0 Å². The number of nitrogens with zero attached hydrogens (tertiary/aromatic N) is 2. The van der Waals surface area contributed by atoms with Gasteiger partial charge in [0.2, 0.25) is 0 Å². The van der Waals surface area contributed by atoms with E-state index in [1.807, 2.05) is 6.20 Å². The summed E-state index contributed by atoms with van der Waals surface area (Å²) in [4.78, 5) is 0. The van der Waals surface area contributed by atoms with Crippen molar-refractivity contribution in [3.8, 4) is 0 Å². The van der Waals surface area contributed by atoms with Crippen molar-refractivity contribution in [3.05, 3.63) is 11.9 Å². The fraction of sp³-hybridized carbons (Fsp3) is 0.875. The molecule has 1 heterocycles. The van der Waals surface area contributed by atoms with E-state index in [9.17, 15) is 0 Å². The van der Waals surface area contributed by atoms with Gasteiger partial charge < -0.3 is 0 Å². The molecule has 0 amide bonds. The lowest BCUT2D eigenvalue weighted by atomic mass is 9.77. The van der Waals surface area contributed by atoms with Crippen molar-refractivity contribution < 1.29 is 0 Å². The van der Waals surface area contributed by atoms with E-state index in [1.54, 1.807) is 0 Å². The summed E-state index contributed by atoms with van der Waals surface area (Å²) in [7, 11) is 0. The van der Waals surface area contributed by atoms with Gasteiger partial charge >= 0.3 is 0 Å². The van der Waals surface area contributed by atoms with Gasteiger partial charge in [-0.1, -0.05) is 72.1 Å². The zero-order chi connectivity index (χ0) is 14.0. The molecule has 1 rings (SSSR count). The lowest BCUT2D eigenvalue weighted by Gasteiger charge is -2.27. The highest BCUT2D eigenvalue weighted by Crippen LogP contribution is 2.34. The Balaban J connectivity index is 2.47. The maximum absolute atomic E-state index is 4.52. The van der Waals surface area contributed by atoms with Crippen molar-refractivity contribution in [3.63, 3.8) is 0 Å². The average Bonchev–Trinajstić information content (AvgIpc) is 2.95. The second-order valence-corrected chi connectivity index (χ2v) is 6.53. The standard InChI is InChI=1S/C16H30N2S/c1-4-6-8-10-12-16(3,13-11-9-7-5-2)15-14-17-19-18-15/h14H,4-13H2,1-3H3. The topological polar surface area (TPSA) is 25.8 Å². The summed E-state index contributed by atoms with van der Waals surface area (Å²) in [5, 5.41) is 0. The maximum atomic E-state index is 4.52. The van der Waals surface area contributed by atoms with E-state index < -0.39 is 0 Å². The molecule has 2 nitrogen and oxygen atoms in total. The first-order chi connectivity index (χ1) is 9.23. The lowest BCUT2D eigenvalue weighted by Crippen LogP contribution is -2.22. The SMILES string of the molecule is CCCCCCC(C)(CCCCCC)c1cnsn1. The molecule has 110 valence electrons. The molecule has 0 spiro atoms. The zero-order valence-electron chi connectivity index (χ0n) is 13.0. The van der Waals surface area contributed by atoms with Crippen molar-refractivity contribution >= 4 is 11.7 Å². The molecule has 0 N–H and O–H groups in total. The van der Waals surface area contributed by atoms with Gasteiger partial charge in [0, 0.05) is 5.41 Å². The van der Waals surface area contributed by atoms with Crippen molar-refractivity contribution in [2.24, 2.45) is 0 Å². The van der Waals surface area contributed by atoms with E-state index in [-0.39, 0.29) is 5.41 Å². The van der Waals surface area contributed by atoms with Crippen molar-refractivity contribution in [2.75, 3.05) is 0 Å². The number of unbranched alkanes of at least 4 members (excludes halogenated alkanes) is 6. The first kappa shape index (κ1) is 16.6. The Morgan fingerprint density at radius 1 is 0.947 bits per heavy atom. The minimum atomic E-state index is 0.258. The van der Waals surface area contributed by atoms with Gasteiger partial charge in [-0.15, -0.1) is 0 Å². The van der Waals surface area contributed by atoms with E-state index >= 15 is 0 Å². The van der Waals surface area contributed by atoms with Crippen LogP contribution in [0.25, 0.3) is 0 Å². The first-order valence-corrected chi connectivity index (χ1v) is 8.74. The van der Waals surface area contributed by atoms with Gasteiger partial charge in [0.25, 0.3) is 0 Å². The zero-order valence-corrected chi connectivity index (χ0v) is 13.8. The third-order valence-corrected chi connectivity index (χ3v) is 4.62. The third kappa shape index (κ3) is 6.03. The fourth-order valence-corrected chi connectivity index (χ4v) is 3.25. The van der Waals surface area contributed by atoms with Crippen LogP contribution in [0.15, 0.2) is 6.20 Å². The average molecular weight is 282 g/mol. The summed E-state index contributed by atoms with van der Waals surface area (Å²) in [5.74, 6) is 0. The smallest absolute Gasteiger partial charge is 0.0801 e. The molecule has 1 aromatic rings. The van der Waals surface area contributed by atoms with Gasteiger partial charge in [-0.05, 0) is 12.8 Å². The van der Waals surface area contributed by atoms with Gasteiger partial charge in [-0.2, -0.15) is 8.75 Å². The summed E-state index contributed by atoms with van der Waals surface area (Å²) in [6.45, 7) is 6.93. The monoisotopic (exact) mass is 282 g/mol. The van der Waals surface area contributed by atoms with Gasteiger partial charge in [0.1, 0.15) is 0 Å². The van der Waals surface area contributed by atoms with E-state index in [0.29, 0.717) is 0 Å². The molecule has 0 aromatic carbocycles. The molecule has 3 heteroatoms. The second-order valence-electron chi connectivity index (χ2n) is 5.97. The number of hydrogen-bond acceptors (Lipinski definition) is 3. The molecule has 0 saturated carbocycles. The molecular weight excluding hydrogens is 252 g/mol. The highest BCUT2D eigenvalue weighted by atomic mass is 32.1. The first-order valence-electron chi connectivity index (χ1n) is 8.01. The van der Waals surface area contributed by atoms with Crippen LogP contribution in [0.1, 0.15) is 90.7 Å². The summed E-state index contributed by atoms with van der Waals surface area (Å²) < 4.78 is 8.72. The van der Waals surface area contributed by atoms with Crippen LogP contribution in [-0.4, -0.2) is 8.75 Å². The Bertz CT molecular complexity index is 297. The van der Waals surface area contributed by atoms with Crippen LogP contribution in [0.4, 0.5) is 0 Å². The minimum absolute atomic E-state index is 0.258. The molecule has 0 unspecified atom stereocenters. The molecule has 0 radical (unpaired) electrons. The molecule has 0 aliphatic heterocycles. The van der Waals surface area contributed by atoms with Crippen molar-refractivity contribution in [1.29, 1.82) is 0 Å². The van der Waals surface area contributed by atoms with Gasteiger partial charge in [0.05, 0.1) is 23.6 Å². The molecule has 0 atom stereocenters. The predicted molar refractivity (Wildman–Crippen MR) is 84.8 cm³/mol. The van der Waals surface area contributed by atoms with Crippen molar-refractivity contribution in [2.45, 2.75) is 90.4 Å². The van der Waals surface area contributed by atoms with Gasteiger partial charge in [0.15, 0.2) is 0 Å². The Morgan fingerprint density at radius 3 is 1.95 bits per heavy atom. The second kappa shape index (κ2) is 9.46. The summed E-state index contributed by atoms with van der Waals surface area (Å²) in [5.41, 5.74) is 1.49.